The van der Waals surface area contributed by atoms with Crippen molar-refractivity contribution >= 4 is 5.84 Å². The lowest BCUT2D eigenvalue weighted by atomic mass is 9.68. The summed E-state index contributed by atoms with van der Waals surface area (Å²) in [4.78, 5) is 7.82. The zero-order valence-corrected chi connectivity index (χ0v) is 14.6. The Morgan fingerprint density at radius 3 is 3.00 bits per heavy atom. The van der Waals surface area contributed by atoms with E-state index in [1.165, 1.54) is 29.9 Å². The summed E-state index contributed by atoms with van der Waals surface area (Å²) in [6, 6.07) is 0. The lowest BCUT2D eigenvalue weighted by Crippen LogP contribution is -2.55. The largest absolute Gasteiger partial charge is 0.351 e. The highest BCUT2D eigenvalue weighted by molar-refractivity contribution is 5.89. The number of piperidine rings is 1. The van der Waals surface area contributed by atoms with Crippen LogP contribution >= 0.6 is 0 Å². The molecule has 3 atom stereocenters. The molecule has 1 fully saturated rings. The maximum Gasteiger partial charge on any atom is 0.109 e. The van der Waals surface area contributed by atoms with Crippen molar-refractivity contribution in [2.45, 2.75) is 52.0 Å². The van der Waals surface area contributed by atoms with Crippen LogP contribution in [0.25, 0.3) is 0 Å². The van der Waals surface area contributed by atoms with Gasteiger partial charge >= 0.3 is 0 Å². The van der Waals surface area contributed by atoms with Gasteiger partial charge in [0.1, 0.15) is 5.84 Å². The average Bonchev–Trinajstić information content (AvgIpc) is 2.55. The summed E-state index contributed by atoms with van der Waals surface area (Å²) in [5.41, 5.74) is 2.72. The summed E-state index contributed by atoms with van der Waals surface area (Å²) in [6.45, 7) is 8.03. The number of aliphatic imine (C=N–C) groups is 1. The molecule has 0 aromatic heterocycles. The molecule has 0 spiro atoms. The molecule has 2 bridgehead atoms. The summed E-state index contributed by atoms with van der Waals surface area (Å²) in [5, 5.41) is 0. The minimum Gasteiger partial charge on any atom is -0.351 e. The van der Waals surface area contributed by atoms with Gasteiger partial charge in [-0.15, -0.1) is 0 Å². The summed E-state index contributed by atoms with van der Waals surface area (Å²) in [6.07, 6.45) is 19.0. The molecule has 23 heavy (non-hydrogen) atoms. The van der Waals surface area contributed by atoms with Crippen molar-refractivity contribution < 1.29 is 0 Å². The third-order valence-corrected chi connectivity index (χ3v) is 5.96. The van der Waals surface area contributed by atoms with Crippen LogP contribution in [0.4, 0.5) is 0 Å². The van der Waals surface area contributed by atoms with Gasteiger partial charge in [-0.1, -0.05) is 43.4 Å². The van der Waals surface area contributed by atoms with Crippen molar-refractivity contribution in [3.05, 3.63) is 47.7 Å². The quantitative estimate of drug-likeness (QED) is 0.664. The van der Waals surface area contributed by atoms with E-state index in [-0.39, 0.29) is 5.54 Å². The Kier molecular flexibility index (Phi) is 3.59. The van der Waals surface area contributed by atoms with Gasteiger partial charge in [0.15, 0.2) is 0 Å². The Labute approximate surface area is 140 Å². The Morgan fingerprint density at radius 1 is 1.30 bits per heavy atom. The third-order valence-electron chi connectivity index (χ3n) is 5.96. The van der Waals surface area contributed by atoms with Gasteiger partial charge in [-0.3, -0.25) is 0 Å². The van der Waals surface area contributed by atoms with E-state index in [0.717, 1.165) is 19.4 Å². The van der Waals surface area contributed by atoms with Gasteiger partial charge in [0, 0.05) is 18.4 Å². The Bertz CT molecular complexity index is 645. The molecule has 0 radical (unpaired) electrons. The molecular weight excluding hydrogens is 280 g/mol. The molecule has 0 N–H and O–H groups in total. The topological polar surface area (TPSA) is 15.6 Å². The average molecular weight is 308 g/mol. The van der Waals surface area contributed by atoms with Crippen LogP contribution in [-0.4, -0.2) is 22.8 Å². The molecule has 0 amide bonds. The lowest BCUT2D eigenvalue weighted by molar-refractivity contribution is 0.188. The first kappa shape index (κ1) is 15.0. The van der Waals surface area contributed by atoms with E-state index in [0.29, 0.717) is 17.8 Å². The van der Waals surface area contributed by atoms with Gasteiger partial charge in [-0.2, -0.15) is 0 Å². The molecule has 1 saturated heterocycles. The van der Waals surface area contributed by atoms with E-state index >= 15 is 0 Å². The van der Waals surface area contributed by atoms with Crippen LogP contribution in [0.1, 0.15) is 46.5 Å². The van der Waals surface area contributed by atoms with Crippen LogP contribution in [-0.2, 0) is 0 Å². The van der Waals surface area contributed by atoms with Crippen molar-refractivity contribution in [2.24, 2.45) is 22.7 Å². The zero-order valence-electron chi connectivity index (χ0n) is 14.6. The van der Waals surface area contributed by atoms with E-state index in [9.17, 15) is 0 Å². The molecule has 3 aliphatic heterocycles. The zero-order chi connectivity index (χ0) is 16.0. The highest BCUT2D eigenvalue weighted by Crippen LogP contribution is 2.47. The maximum absolute atomic E-state index is 5.25. The molecule has 4 aliphatic rings. The van der Waals surface area contributed by atoms with E-state index in [4.69, 9.17) is 4.99 Å². The second kappa shape index (κ2) is 5.51. The molecule has 4 rings (SSSR count). The van der Waals surface area contributed by atoms with Crippen LogP contribution in [0.3, 0.4) is 0 Å². The van der Waals surface area contributed by atoms with Gasteiger partial charge in [-0.05, 0) is 51.0 Å². The number of allylic oxidation sites excluding steroid dienone is 7. The predicted octanol–water partition coefficient (Wildman–Crippen LogP) is 4.87. The van der Waals surface area contributed by atoms with E-state index < -0.39 is 0 Å². The Hall–Kier alpha value is -1.57. The molecule has 3 heterocycles. The molecule has 0 saturated carbocycles. The number of amidine groups is 1. The fourth-order valence-corrected chi connectivity index (χ4v) is 4.73. The summed E-state index contributed by atoms with van der Waals surface area (Å²) < 4.78 is 0. The Balaban J connectivity index is 1.90. The normalized spacial score (nSPS) is 35.9. The first-order valence-electron chi connectivity index (χ1n) is 9.24. The van der Waals surface area contributed by atoms with Crippen LogP contribution in [0, 0.1) is 17.8 Å². The highest BCUT2D eigenvalue weighted by Gasteiger charge is 2.45. The second-order valence-electron chi connectivity index (χ2n) is 7.86. The monoisotopic (exact) mass is 308 g/mol. The number of hydrogen-bond donors (Lipinski definition) is 0. The van der Waals surface area contributed by atoms with Crippen LogP contribution in [0.2, 0.25) is 0 Å². The molecule has 2 nitrogen and oxygen atoms in total. The number of rotatable bonds is 2. The van der Waals surface area contributed by atoms with Gasteiger partial charge in [0.2, 0.25) is 0 Å². The predicted molar refractivity (Wildman–Crippen MR) is 97.3 cm³/mol. The van der Waals surface area contributed by atoms with Crippen molar-refractivity contribution in [2.75, 3.05) is 6.54 Å². The molecule has 0 aromatic carbocycles. The van der Waals surface area contributed by atoms with E-state index in [1.807, 2.05) is 0 Å². The first-order chi connectivity index (χ1) is 11.1. The minimum absolute atomic E-state index is 0.0488. The van der Waals surface area contributed by atoms with E-state index in [2.05, 4.69) is 62.1 Å². The first-order valence-corrected chi connectivity index (χ1v) is 9.24. The molecule has 3 unspecified atom stereocenters. The molecule has 0 aromatic rings. The fraction of sp³-hybridized carbons (Fsp3) is 0.571. The second-order valence-corrected chi connectivity index (χ2v) is 7.86. The summed E-state index contributed by atoms with van der Waals surface area (Å²) in [7, 11) is 0. The summed E-state index contributed by atoms with van der Waals surface area (Å²) >= 11 is 0. The molecule has 122 valence electrons. The SMILES string of the molecule is CCC=CC1C2CCCN3C2=NC2=C(C=CCC21)/C=C\C3(C)C. The van der Waals surface area contributed by atoms with E-state index in [1.54, 1.807) is 0 Å². The maximum atomic E-state index is 5.25. The summed E-state index contributed by atoms with van der Waals surface area (Å²) in [5.74, 6) is 3.13. The standard InChI is InChI=1S/C21H28N2/c1-4-5-9-16-17-10-6-8-15-12-13-21(2,3)23-14-7-11-18(16)20(23)22-19(15)17/h5-6,8-9,12-13,16-18H,4,7,10-11,14H2,1-3H3/b9-5?,13-12-. The van der Waals surface area contributed by atoms with Crippen molar-refractivity contribution in [3.8, 4) is 0 Å². The van der Waals surface area contributed by atoms with Crippen LogP contribution < -0.4 is 0 Å². The van der Waals surface area contributed by atoms with Crippen molar-refractivity contribution in [3.63, 3.8) is 0 Å². The highest BCUT2D eigenvalue weighted by atomic mass is 15.3. The van der Waals surface area contributed by atoms with Crippen molar-refractivity contribution in [1.82, 2.24) is 4.90 Å². The van der Waals surface area contributed by atoms with Gasteiger partial charge in [0.25, 0.3) is 0 Å². The smallest absolute Gasteiger partial charge is 0.109 e. The fourth-order valence-electron chi connectivity index (χ4n) is 4.73. The van der Waals surface area contributed by atoms with Crippen LogP contribution in [0.5, 0.6) is 0 Å². The van der Waals surface area contributed by atoms with Gasteiger partial charge < -0.3 is 4.90 Å². The van der Waals surface area contributed by atoms with Gasteiger partial charge in [-0.25, -0.2) is 4.99 Å². The number of hydrogen-bond acceptors (Lipinski definition) is 2. The number of nitrogens with zero attached hydrogens (tertiary/aromatic N) is 2. The molecular formula is C21H28N2. The van der Waals surface area contributed by atoms with Crippen molar-refractivity contribution in [1.29, 1.82) is 0 Å². The minimum atomic E-state index is 0.0488. The lowest BCUT2D eigenvalue weighted by Gasteiger charge is -2.51. The Morgan fingerprint density at radius 2 is 2.17 bits per heavy atom. The van der Waals surface area contributed by atoms with Crippen LogP contribution in [0.15, 0.2) is 52.7 Å². The molecule has 2 heteroatoms. The third kappa shape index (κ3) is 2.34. The van der Waals surface area contributed by atoms with Gasteiger partial charge in [0.05, 0.1) is 11.2 Å². The molecule has 1 aliphatic carbocycles.